The molecule has 0 saturated carbocycles. The van der Waals surface area contributed by atoms with Crippen molar-refractivity contribution >= 4 is 11.6 Å². The van der Waals surface area contributed by atoms with Gasteiger partial charge in [-0.1, -0.05) is 42.7 Å². The maximum atomic E-state index is 5.99. The third kappa shape index (κ3) is 3.63. The van der Waals surface area contributed by atoms with Gasteiger partial charge in [0.15, 0.2) is 0 Å². The van der Waals surface area contributed by atoms with Gasteiger partial charge in [0.1, 0.15) is 0 Å². The molecule has 1 saturated heterocycles. The van der Waals surface area contributed by atoms with Crippen LogP contribution in [0.1, 0.15) is 26.2 Å². The van der Waals surface area contributed by atoms with E-state index >= 15 is 0 Å². The lowest BCUT2D eigenvalue weighted by atomic mass is 9.92. The van der Waals surface area contributed by atoms with Gasteiger partial charge in [-0.3, -0.25) is 4.90 Å². The summed E-state index contributed by atoms with van der Waals surface area (Å²) in [6.07, 6.45) is 1.30. The maximum absolute atomic E-state index is 5.99. The third-order valence-electron chi connectivity index (χ3n) is 3.85. The summed E-state index contributed by atoms with van der Waals surface area (Å²) < 4.78 is 5.39. The van der Waals surface area contributed by atoms with Crippen LogP contribution in [0.3, 0.4) is 0 Å². The molecular weight excluding hydrogens is 286 g/mol. The Morgan fingerprint density at radius 3 is 2.76 bits per heavy atom. The predicted octanol–water partition coefficient (Wildman–Crippen LogP) is 3.87. The van der Waals surface area contributed by atoms with Crippen molar-refractivity contribution < 1.29 is 4.52 Å². The fourth-order valence-electron chi connectivity index (χ4n) is 3.18. The normalized spacial score (nSPS) is 23.4. The summed E-state index contributed by atoms with van der Waals surface area (Å²) in [5.41, 5.74) is 0.887. The Morgan fingerprint density at radius 1 is 1.29 bits per heavy atom. The number of rotatable bonds is 3. The van der Waals surface area contributed by atoms with Gasteiger partial charge in [0.05, 0.1) is 6.54 Å². The zero-order chi connectivity index (χ0) is 14.8. The number of likely N-dealkylation sites (tertiary alicyclic amines) is 1. The molecule has 5 heteroatoms. The van der Waals surface area contributed by atoms with Crippen LogP contribution in [-0.2, 0) is 6.54 Å². The van der Waals surface area contributed by atoms with E-state index in [2.05, 4.69) is 28.9 Å². The van der Waals surface area contributed by atoms with Crippen molar-refractivity contribution in [3.05, 3.63) is 35.2 Å². The maximum Gasteiger partial charge on any atom is 0.241 e. The molecule has 4 nitrogen and oxygen atoms in total. The number of benzene rings is 1. The highest BCUT2D eigenvalue weighted by atomic mass is 35.5. The zero-order valence-electron chi connectivity index (χ0n) is 12.4. The summed E-state index contributed by atoms with van der Waals surface area (Å²) in [4.78, 5) is 6.88. The molecule has 2 atom stereocenters. The second-order valence-corrected chi connectivity index (χ2v) is 6.60. The lowest BCUT2D eigenvalue weighted by Crippen LogP contribution is -2.38. The van der Waals surface area contributed by atoms with Gasteiger partial charge < -0.3 is 4.52 Å². The Kier molecular flexibility index (Phi) is 4.27. The third-order valence-corrected chi connectivity index (χ3v) is 4.09. The van der Waals surface area contributed by atoms with E-state index < -0.39 is 0 Å². The van der Waals surface area contributed by atoms with Crippen LogP contribution in [0.2, 0.25) is 5.02 Å². The SMILES string of the molecule is C[C@@H]1C[C@@H](C)CN(Cc2nc(-c3cccc(Cl)c3)no2)C1. The first-order valence-corrected chi connectivity index (χ1v) is 7.79. The topological polar surface area (TPSA) is 42.2 Å². The Balaban J connectivity index is 1.70. The molecule has 112 valence electrons. The van der Waals surface area contributed by atoms with Crippen molar-refractivity contribution in [1.82, 2.24) is 15.0 Å². The smallest absolute Gasteiger partial charge is 0.241 e. The fourth-order valence-corrected chi connectivity index (χ4v) is 3.37. The second-order valence-electron chi connectivity index (χ2n) is 6.16. The summed E-state index contributed by atoms with van der Waals surface area (Å²) in [5, 5.41) is 4.74. The van der Waals surface area contributed by atoms with Crippen molar-refractivity contribution in [2.24, 2.45) is 11.8 Å². The van der Waals surface area contributed by atoms with Crippen LogP contribution >= 0.6 is 11.6 Å². The molecule has 0 aliphatic carbocycles. The van der Waals surface area contributed by atoms with Gasteiger partial charge in [-0.25, -0.2) is 0 Å². The molecule has 1 aromatic heterocycles. The minimum Gasteiger partial charge on any atom is -0.338 e. The van der Waals surface area contributed by atoms with Crippen LogP contribution in [0.5, 0.6) is 0 Å². The molecule has 0 spiro atoms. The largest absolute Gasteiger partial charge is 0.338 e. The highest BCUT2D eigenvalue weighted by Gasteiger charge is 2.23. The number of hydrogen-bond acceptors (Lipinski definition) is 4. The van der Waals surface area contributed by atoms with Crippen LogP contribution in [0.15, 0.2) is 28.8 Å². The van der Waals surface area contributed by atoms with E-state index in [-0.39, 0.29) is 0 Å². The molecule has 21 heavy (non-hydrogen) atoms. The monoisotopic (exact) mass is 305 g/mol. The van der Waals surface area contributed by atoms with E-state index in [4.69, 9.17) is 16.1 Å². The van der Waals surface area contributed by atoms with E-state index in [0.717, 1.165) is 37.0 Å². The van der Waals surface area contributed by atoms with Gasteiger partial charge in [0.25, 0.3) is 0 Å². The summed E-state index contributed by atoms with van der Waals surface area (Å²) in [5.74, 6) is 2.73. The molecule has 1 aromatic carbocycles. The fraction of sp³-hybridized carbons (Fsp3) is 0.500. The molecule has 1 aliphatic rings. The lowest BCUT2D eigenvalue weighted by molar-refractivity contribution is 0.121. The summed E-state index contributed by atoms with van der Waals surface area (Å²) in [6.45, 7) is 7.52. The Morgan fingerprint density at radius 2 is 2.05 bits per heavy atom. The number of piperidine rings is 1. The van der Waals surface area contributed by atoms with Crippen LogP contribution in [-0.4, -0.2) is 28.1 Å². The number of nitrogens with zero attached hydrogens (tertiary/aromatic N) is 3. The first-order chi connectivity index (χ1) is 10.1. The van der Waals surface area contributed by atoms with Gasteiger partial charge in [-0.2, -0.15) is 4.98 Å². The van der Waals surface area contributed by atoms with Gasteiger partial charge in [-0.05, 0) is 30.4 Å². The van der Waals surface area contributed by atoms with Crippen LogP contribution in [0.4, 0.5) is 0 Å². The molecular formula is C16H20ClN3O. The van der Waals surface area contributed by atoms with Gasteiger partial charge in [0, 0.05) is 23.7 Å². The summed E-state index contributed by atoms with van der Waals surface area (Å²) in [7, 11) is 0. The quantitative estimate of drug-likeness (QED) is 0.863. The average Bonchev–Trinajstić information content (AvgIpc) is 2.86. The van der Waals surface area contributed by atoms with Crippen LogP contribution < -0.4 is 0 Å². The predicted molar refractivity (Wildman–Crippen MR) is 83.0 cm³/mol. The highest BCUT2D eigenvalue weighted by molar-refractivity contribution is 6.30. The van der Waals surface area contributed by atoms with Crippen molar-refractivity contribution in [2.75, 3.05) is 13.1 Å². The number of halogens is 1. The zero-order valence-corrected chi connectivity index (χ0v) is 13.2. The van der Waals surface area contributed by atoms with E-state index in [1.165, 1.54) is 6.42 Å². The van der Waals surface area contributed by atoms with E-state index in [0.29, 0.717) is 16.7 Å². The van der Waals surface area contributed by atoms with Crippen molar-refractivity contribution in [3.63, 3.8) is 0 Å². The summed E-state index contributed by atoms with van der Waals surface area (Å²) >= 11 is 5.99. The van der Waals surface area contributed by atoms with Crippen LogP contribution in [0, 0.1) is 11.8 Å². The Hall–Kier alpha value is -1.39. The highest BCUT2D eigenvalue weighted by Crippen LogP contribution is 2.23. The molecule has 1 fully saturated rings. The molecule has 1 aliphatic heterocycles. The molecule has 2 aromatic rings. The number of hydrogen-bond donors (Lipinski definition) is 0. The van der Waals surface area contributed by atoms with Crippen molar-refractivity contribution in [3.8, 4) is 11.4 Å². The van der Waals surface area contributed by atoms with Gasteiger partial charge >= 0.3 is 0 Å². The average molecular weight is 306 g/mol. The van der Waals surface area contributed by atoms with E-state index in [1.54, 1.807) is 0 Å². The van der Waals surface area contributed by atoms with Crippen molar-refractivity contribution in [2.45, 2.75) is 26.8 Å². The standard InChI is InChI=1S/C16H20ClN3O/c1-11-6-12(2)9-20(8-11)10-15-18-16(19-21-15)13-4-3-5-14(17)7-13/h3-5,7,11-12H,6,8-10H2,1-2H3/t11-,12-/m1/s1. The lowest BCUT2D eigenvalue weighted by Gasteiger charge is -2.33. The Bertz CT molecular complexity index is 603. The first-order valence-electron chi connectivity index (χ1n) is 7.41. The van der Waals surface area contributed by atoms with E-state index in [9.17, 15) is 0 Å². The minimum atomic E-state index is 0.602. The molecule has 0 unspecified atom stereocenters. The molecule has 0 amide bonds. The second kappa shape index (κ2) is 6.16. The van der Waals surface area contributed by atoms with Gasteiger partial charge in [0.2, 0.25) is 11.7 Å². The minimum absolute atomic E-state index is 0.602. The molecule has 2 heterocycles. The van der Waals surface area contributed by atoms with E-state index in [1.807, 2.05) is 24.3 Å². The number of aromatic nitrogens is 2. The molecule has 0 bridgehead atoms. The van der Waals surface area contributed by atoms with Crippen LogP contribution in [0.25, 0.3) is 11.4 Å². The van der Waals surface area contributed by atoms with Gasteiger partial charge in [-0.15, -0.1) is 0 Å². The first kappa shape index (κ1) is 14.5. The summed E-state index contributed by atoms with van der Waals surface area (Å²) in [6, 6.07) is 7.51. The Labute approximate surface area is 130 Å². The molecule has 0 N–H and O–H groups in total. The van der Waals surface area contributed by atoms with Crippen molar-refractivity contribution in [1.29, 1.82) is 0 Å². The molecule has 3 rings (SSSR count). The molecule has 0 radical (unpaired) electrons.